The number of aromatic nitrogens is 4. The van der Waals surface area contributed by atoms with Gasteiger partial charge in [-0.2, -0.15) is 5.10 Å². The van der Waals surface area contributed by atoms with E-state index in [0.29, 0.717) is 36.8 Å². The molecule has 0 spiro atoms. The van der Waals surface area contributed by atoms with Crippen LogP contribution in [0.3, 0.4) is 0 Å². The number of ether oxygens (including phenoxy) is 1. The number of nitrogens with zero attached hydrogens (tertiary/aromatic N) is 6. The van der Waals surface area contributed by atoms with Crippen LogP contribution in [0.25, 0.3) is 0 Å². The highest BCUT2D eigenvalue weighted by Gasteiger charge is 2.32. The molecule has 1 aliphatic heterocycles. The van der Waals surface area contributed by atoms with Gasteiger partial charge in [0.25, 0.3) is 5.91 Å². The Morgan fingerprint density at radius 1 is 1.18 bits per heavy atom. The Balaban J connectivity index is 1.56. The minimum Gasteiger partial charge on any atom is -0.370 e. The van der Waals surface area contributed by atoms with E-state index in [-0.39, 0.29) is 24.5 Å². The summed E-state index contributed by atoms with van der Waals surface area (Å²) in [7, 11) is 1.84. The quantitative estimate of drug-likeness (QED) is 0.492. The zero-order chi connectivity index (χ0) is 23.2. The molecule has 4 rings (SSSR count). The molecule has 0 saturated carbocycles. The highest BCUT2D eigenvalue weighted by atomic mass is 32.2. The Labute approximate surface area is 196 Å². The van der Waals surface area contributed by atoms with E-state index in [1.165, 1.54) is 11.8 Å². The van der Waals surface area contributed by atoms with Gasteiger partial charge in [0.2, 0.25) is 5.91 Å². The van der Waals surface area contributed by atoms with Crippen molar-refractivity contribution in [2.75, 3.05) is 25.9 Å². The van der Waals surface area contributed by atoms with E-state index in [0.717, 1.165) is 11.1 Å². The van der Waals surface area contributed by atoms with Crippen molar-refractivity contribution in [2.45, 2.75) is 24.3 Å². The number of aryl methyl sites for hydroxylation is 1. The minimum absolute atomic E-state index is 0.0169. The molecule has 0 aromatic carbocycles. The zero-order valence-electron chi connectivity index (χ0n) is 18.6. The van der Waals surface area contributed by atoms with Crippen molar-refractivity contribution < 1.29 is 14.3 Å². The van der Waals surface area contributed by atoms with Crippen LogP contribution in [0.5, 0.6) is 0 Å². The molecule has 1 saturated heterocycles. The van der Waals surface area contributed by atoms with Crippen LogP contribution < -0.4 is 0 Å². The molecule has 33 heavy (non-hydrogen) atoms. The Bertz CT molecular complexity index is 1110. The summed E-state index contributed by atoms with van der Waals surface area (Å²) in [4.78, 5) is 38.2. The molecule has 3 aromatic rings. The van der Waals surface area contributed by atoms with Gasteiger partial charge in [0.1, 0.15) is 11.6 Å². The molecule has 2 amide bonds. The average Bonchev–Trinajstić information content (AvgIpc) is 3.18. The van der Waals surface area contributed by atoms with Crippen molar-refractivity contribution in [3.8, 4) is 0 Å². The van der Waals surface area contributed by atoms with Crippen molar-refractivity contribution in [2.24, 2.45) is 7.05 Å². The Hall–Kier alpha value is -3.24. The fourth-order valence-electron chi connectivity index (χ4n) is 3.75. The minimum atomic E-state index is -0.348. The third-order valence-corrected chi connectivity index (χ3v) is 6.09. The second kappa shape index (κ2) is 10.6. The molecule has 1 aliphatic rings. The third-order valence-electron chi connectivity index (χ3n) is 5.38. The highest BCUT2D eigenvalue weighted by Crippen LogP contribution is 2.21. The van der Waals surface area contributed by atoms with Gasteiger partial charge in [0.05, 0.1) is 24.5 Å². The van der Waals surface area contributed by atoms with Crippen molar-refractivity contribution in [1.29, 1.82) is 0 Å². The number of pyridine rings is 2. The first kappa shape index (κ1) is 22.9. The number of amides is 2. The van der Waals surface area contributed by atoms with Crippen LogP contribution >= 0.6 is 11.8 Å². The summed E-state index contributed by atoms with van der Waals surface area (Å²) in [6.07, 6.45) is 10.2. The first-order valence-corrected chi connectivity index (χ1v) is 11.8. The summed E-state index contributed by atoms with van der Waals surface area (Å²) in [5.74, 6) is -0.349. The lowest BCUT2D eigenvalue weighted by Gasteiger charge is -2.25. The third kappa shape index (κ3) is 5.77. The summed E-state index contributed by atoms with van der Waals surface area (Å²) in [5.41, 5.74) is 2.40. The van der Waals surface area contributed by atoms with Gasteiger partial charge in [0, 0.05) is 57.0 Å². The molecule has 1 atom stereocenters. The largest absolute Gasteiger partial charge is 0.370 e. The summed E-state index contributed by atoms with van der Waals surface area (Å²) < 4.78 is 7.89. The number of hydrogen-bond acceptors (Lipinski definition) is 7. The molecule has 0 bridgehead atoms. The van der Waals surface area contributed by atoms with Crippen LogP contribution in [0.4, 0.5) is 0 Å². The summed E-state index contributed by atoms with van der Waals surface area (Å²) in [5, 5.41) is 4.83. The standard InChI is InChI=1S/C23H26N6O3S/c1-27-11-18(10-26-27)12-28-13-19(32-16-17-5-8-24-9-6-17)14-29(15-21(28)30)23(31)20-4-3-7-25-22(20)33-2/h3-11,19H,12-16H2,1-2H3/t19-/m1/s1. The van der Waals surface area contributed by atoms with Gasteiger partial charge in [-0.3, -0.25) is 19.3 Å². The molecule has 0 aliphatic carbocycles. The van der Waals surface area contributed by atoms with Gasteiger partial charge in [-0.15, -0.1) is 11.8 Å². The van der Waals surface area contributed by atoms with Crippen molar-refractivity contribution in [3.63, 3.8) is 0 Å². The van der Waals surface area contributed by atoms with Gasteiger partial charge >= 0.3 is 0 Å². The van der Waals surface area contributed by atoms with Gasteiger partial charge < -0.3 is 14.5 Å². The van der Waals surface area contributed by atoms with E-state index in [1.54, 1.807) is 51.4 Å². The first-order chi connectivity index (χ1) is 16.0. The molecule has 0 unspecified atom stereocenters. The predicted molar refractivity (Wildman–Crippen MR) is 123 cm³/mol. The maximum absolute atomic E-state index is 13.4. The number of hydrogen-bond donors (Lipinski definition) is 0. The van der Waals surface area contributed by atoms with Crippen LogP contribution in [-0.4, -0.2) is 73.4 Å². The smallest absolute Gasteiger partial charge is 0.257 e. The first-order valence-electron chi connectivity index (χ1n) is 10.6. The molecule has 0 N–H and O–H groups in total. The second-order valence-corrected chi connectivity index (χ2v) is 8.63. The van der Waals surface area contributed by atoms with E-state index < -0.39 is 0 Å². The van der Waals surface area contributed by atoms with Crippen LogP contribution in [0, 0.1) is 0 Å². The molecule has 9 nitrogen and oxygen atoms in total. The number of thioether (sulfide) groups is 1. The Kier molecular flexibility index (Phi) is 7.36. The van der Waals surface area contributed by atoms with Crippen LogP contribution in [0.2, 0.25) is 0 Å². The Morgan fingerprint density at radius 2 is 2.00 bits per heavy atom. The molecule has 0 radical (unpaired) electrons. The average molecular weight is 467 g/mol. The van der Waals surface area contributed by atoms with E-state index in [2.05, 4.69) is 15.1 Å². The summed E-state index contributed by atoms with van der Waals surface area (Å²) in [6, 6.07) is 7.26. The van der Waals surface area contributed by atoms with Crippen LogP contribution in [0.15, 0.2) is 60.3 Å². The van der Waals surface area contributed by atoms with E-state index in [4.69, 9.17) is 4.74 Å². The normalized spacial score (nSPS) is 16.7. The van der Waals surface area contributed by atoms with Gasteiger partial charge in [-0.05, 0) is 36.1 Å². The fraction of sp³-hybridized carbons (Fsp3) is 0.348. The van der Waals surface area contributed by atoms with E-state index >= 15 is 0 Å². The van der Waals surface area contributed by atoms with Crippen molar-refractivity contribution in [3.05, 3.63) is 71.9 Å². The van der Waals surface area contributed by atoms with Crippen LogP contribution in [0.1, 0.15) is 21.5 Å². The zero-order valence-corrected chi connectivity index (χ0v) is 19.4. The summed E-state index contributed by atoms with van der Waals surface area (Å²) in [6.45, 7) is 1.45. The highest BCUT2D eigenvalue weighted by molar-refractivity contribution is 7.98. The molecular formula is C23H26N6O3S. The topological polar surface area (TPSA) is 93.5 Å². The van der Waals surface area contributed by atoms with E-state index in [9.17, 15) is 9.59 Å². The number of carbonyl (C=O) groups excluding carboxylic acids is 2. The SMILES string of the molecule is CSc1ncccc1C(=O)N1CC(=O)N(Cc2cnn(C)c2)C[C@@H](OCc2ccncc2)C1. The lowest BCUT2D eigenvalue weighted by molar-refractivity contribution is -0.132. The number of carbonyl (C=O) groups is 2. The molecule has 3 aromatic heterocycles. The summed E-state index contributed by atoms with van der Waals surface area (Å²) >= 11 is 1.41. The maximum atomic E-state index is 13.4. The second-order valence-electron chi connectivity index (χ2n) is 7.83. The molecule has 4 heterocycles. The monoisotopic (exact) mass is 466 g/mol. The predicted octanol–water partition coefficient (Wildman–Crippen LogP) is 2.00. The lowest BCUT2D eigenvalue weighted by Crippen LogP contribution is -2.40. The molecule has 172 valence electrons. The maximum Gasteiger partial charge on any atom is 0.257 e. The van der Waals surface area contributed by atoms with Gasteiger partial charge in [0.15, 0.2) is 0 Å². The lowest BCUT2D eigenvalue weighted by atomic mass is 10.2. The molecule has 1 fully saturated rings. The fourth-order valence-corrected chi connectivity index (χ4v) is 4.29. The van der Waals surface area contributed by atoms with Gasteiger partial charge in [-0.1, -0.05) is 0 Å². The number of rotatable bonds is 7. The van der Waals surface area contributed by atoms with Crippen molar-refractivity contribution in [1.82, 2.24) is 29.5 Å². The van der Waals surface area contributed by atoms with Gasteiger partial charge in [-0.25, -0.2) is 4.98 Å². The molecular weight excluding hydrogens is 440 g/mol. The van der Waals surface area contributed by atoms with Crippen molar-refractivity contribution >= 4 is 23.6 Å². The Morgan fingerprint density at radius 3 is 2.73 bits per heavy atom. The van der Waals surface area contributed by atoms with E-state index in [1.807, 2.05) is 31.6 Å². The van der Waals surface area contributed by atoms with Crippen LogP contribution in [-0.2, 0) is 29.7 Å². The molecule has 10 heteroatoms.